The third-order valence-corrected chi connectivity index (χ3v) is 4.95. The molecule has 3 heterocycles. The maximum atomic E-state index is 12.6. The molecule has 2 aliphatic heterocycles. The van der Waals surface area contributed by atoms with Gasteiger partial charge in [0.1, 0.15) is 5.82 Å². The Morgan fingerprint density at radius 3 is 2.54 bits per heavy atom. The zero-order chi connectivity index (χ0) is 16.9. The fraction of sp³-hybridized carbons (Fsp3) is 0.765. The first kappa shape index (κ1) is 17.2. The molecule has 7 heteroatoms. The molecule has 2 amide bonds. The van der Waals surface area contributed by atoms with E-state index in [0.29, 0.717) is 32.2 Å². The number of urea groups is 1. The van der Waals surface area contributed by atoms with Crippen LogP contribution in [-0.2, 0) is 11.3 Å². The van der Waals surface area contributed by atoms with E-state index in [-0.39, 0.29) is 6.03 Å². The van der Waals surface area contributed by atoms with Crippen molar-refractivity contribution in [1.82, 2.24) is 24.3 Å². The number of rotatable bonds is 4. The molecule has 2 saturated heterocycles. The van der Waals surface area contributed by atoms with Gasteiger partial charge in [0, 0.05) is 57.6 Å². The second kappa shape index (κ2) is 7.98. The Balaban J connectivity index is 1.53. The summed E-state index contributed by atoms with van der Waals surface area (Å²) in [4.78, 5) is 23.3. The summed E-state index contributed by atoms with van der Waals surface area (Å²) in [5.41, 5.74) is 0. The summed E-state index contributed by atoms with van der Waals surface area (Å²) in [6, 6.07) is 0.174. The van der Waals surface area contributed by atoms with Gasteiger partial charge in [0.25, 0.3) is 0 Å². The molecule has 1 aromatic heterocycles. The molecular weight excluding hydrogens is 306 g/mol. The van der Waals surface area contributed by atoms with Crippen molar-refractivity contribution in [3.05, 3.63) is 18.2 Å². The molecule has 134 valence electrons. The van der Waals surface area contributed by atoms with Crippen LogP contribution in [0.1, 0.15) is 24.6 Å². The minimum Gasteiger partial charge on any atom is -0.378 e. The summed E-state index contributed by atoms with van der Waals surface area (Å²) in [6.45, 7) is 6.37. The van der Waals surface area contributed by atoms with E-state index in [9.17, 15) is 4.79 Å². The van der Waals surface area contributed by atoms with Crippen molar-refractivity contribution in [1.29, 1.82) is 0 Å². The number of ether oxygens (including phenoxy) is 1. The fourth-order valence-electron chi connectivity index (χ4n) is 3.46. The lowest BCUT2D eigenvalue weighted by molar-refractivity contribution is 0.0410. The highest BCUT2D eigenvalue weighted by atomic mass is 16.5. The molecule has 0 aromatic carbocycles. The molecule has 0 radical (unpaired) electrons. The number of imidazole rings is 1. The minimum absolute atomic E-state index is 0.174. The average Bonchev–Trinajstić information content (AvgIpc) is 3.09. The maximum absolute atomic E-state index is 12.6. The third-order valence-electron chi connectivity index (χ3n) is 4.95. The van der Waals surface area contributed by atoms with E-state index in [0.717, 1.165) is 39.0 Å². The van der Waals surface area contributed by atoms with Crippen LogP contribution in [0, 0.1) is 0 Å². The van der Waals surface area contributed by atoms with Gasteiger partial charge in [-0.25, -0.2) is 9.78 Å². The lowest BCUT2D eigenvalue weighted by Gasteiger charge is -2.37. The minimum atomic E-state index is 0.174. The molecule has 3 rings (SSSR count). The highest BCUT2D eigenvalue weighted by molar-refractivity contribution is 5.74. The van der Waals surface area contributed by atoms with E-state index in [2.05, 4.69) is 34.7 Å². The highest BCUT2D eigenvalue weighted by Crippen LogP contribution is 2.27. The number of amides is 2. The van der Waals surface area contributed by atoms with E-state index >= 15 is 0 Å². The maximum Gasteiger partial charge on any atom is 0.320 e. The van der Waals surface area contributed by atoms with Crippen molar-refractivity contribution in [3.8, 4) is 0 Å². The van der Waals surface area contributed by atoms with E-state index in [1.54, 1.807) is 0 Å². The zero-order valence-electron chi connectivity index (χ0n) is 14.9. The summed E-state index contributed by atoms with van der Waals surface area (Å²) >= 11 is 0. The van der Waals surface area contributed by atoms with Gasteiger partial charge in [-0.15, -0.1) is 0 Å². The number of piperidine rings is 1. The molecule has 24 heavy (non-hydrogen) atoms. The number of nitrogens with zero attached hydrogens (tertiary/aromatic N) is 5. The average molecular weight is 335 g/mol. The Morgan fingerprint density at radius 2 is 1.88 bits per heavy atom. The molecular formula is C17H29N5O2. The van der Waals surface area contributed by atoms with E-state index in [1.807, 2.05) is 16.0 Å². The summed E-state index contributed by atoms with van der Waals surface area (Å²) in [5.74, 6) is 1.63. The van der Waals surface area contributed by atoms with Crippen LogP contribution in [0.5, 0.6) is 0 Å². The summed E-state index contributed by atoms with van der Waals surface area (Å²) in [7, 11) is 4.18. The lowest BCUT2D eigenvalue weighted by atomic mass is 9.96. The van der Waals surface area contributed by atoms with Crippen molar-refractivity contribution in [2.24, 2.45) is 0 Å². The van der Waals surface area contributed by atoms with E-state index in [4.69, 9.17) is 4.74 Å². The molecule has 0 unspecified atom stereocenters. The molecule has 0 atom stereocenters. The van der Waals surface area contributed by atoms with Crippen LogP contribution < -0.4 is 0 Å². The topological polar surface area (TPSA) is 53.8 Å². The fourth-order valence-corrected chi connectivity index (χ4v) is 3.46. The van der Waals surface area contributed by atoms with Crippen LogP contribution in [0.4, 0.5) is 4.79 Å². The van der Waals surface area contributed by atoms with Crippen molar-refractivity contribution in [2.45, 2.75) is 25.3 Å². The molecule has 0 aliphatic carbocycles. The smallest absolute Gasteiger partial charge is 0.320 e. The Hall–Kier alpha value is -1.60. The van der Waals surface area contributed by atoms with Gasteiger partial charge in [-0.3, -0.25) is 0 Å². The number of carbonyl (C=O) groups excluding carboxylic acids is 1. The second-order valence-electron chi connectivity index (χ2n) is 6.93. The Kier molecular flexibility index (Phi) is 5.73. The first-order valence-electron chi connectivity index (χ1n) is 8.92. The molecule has 0 saturated carbocycles. The highest BCUT2D eigenvalue weighted by Gasteiger charge is 2.29. The van der Waals surface area contributed by atoms with Crippen LogP contribution in [0.25, 0.3) is 0 Å². The number of morpholine rings is 1. The van der Waals surface area contributed by atoms with Gasteiger partial charge < -0.3 is 24.0 Å². The Morgan fingerprint density at radius 1 is 1.21 bits per heavy atom. The summed E-state index contributed by atoms with van der Waals surface area (Å²) < 4.78 is 7.60. The van der Waals surface area contributed by atoms with Crippen LogP contribution in [-0.4, -0.2) is 90.3 Å². The molecule has 0 bridgehead atoms. The molecule has 0 spiro atoms. The quantitative estimate of drug-likeness (QED) is 0.826. The van der Waals surface area contributed by atoms with E-state index in [1.165, 1.54) is 5.82 Å². The lowest BCUT2D eigenvalue weighted by Crippen LogP contribution is -2.50. The molecule has 0 N–H and O–H groups in total. The number of aromatic nitrogens is 2. The normalized spacial score (nSPS) is 20.0. The van der Waals surface area contributed by atoms with Gasteiger partial charge in [-0.2, -0.15) is 0 Å². The van der Waals surface area contributed by atoms with Crippen LogP contribution in [0.2, 0.25) is 0 Å². The Labute approximate surface area is 144 Å². The van der Waals surface area contributed by atoms with Crippen molar-refractivity contribution in [2.75, 3.05) is 60.0 Å². The largest absolute Gasteiger partial charge is 0.378 e. The molecule has 1 aromatic rings. The predicted molar refractivity (Wildman–Crippen MR) is 92.1 cm³/mol. The third kappa shape index (κ3) is 4.08. The monoisotopic (exact) mass is 335 g/mol. The standard InChI is InChI=1S/C17H29N5O2/c1-19(2)9-10-20-8-5-18-16(20)15-3-6-21(7-4-15)17(23)22-11-13-24-14-12-22/h5,8,15H,3-4,6-7,9-14H2,1-2H3. The van der Waals surface area contributed by atoms with Gasteiger partial charge in [0.15, 0.2) is 0 Å². The van der Waals surface area contributed by atoms with Crippen LogP contribution in [0.15, 0.2) is 12.4 Å². The van der Waals surface area contributed by atoms with Crippen molar-refractivity contribution in [3.63, 3.8) is 0 Å². The summed E-state index contributed by atoms with van der Waals surface area (Å²) in [5, 5.41) is 0. The van der Waals surface area contributed by atoms with Gasteiger partial charge in [0.05, 0.1) is 13.2 Å². The first-order valence-corrected chi connectivity index (χ1v) is 8.92. The van der Waals surface area contributed by atoms with E-state index < -0.39 is 0 Å². The predicted octanol–water partition coefficient (Wildman–Crippen LogP) is 1.08. The van der Waals surface area contributed by atoms with Crippen molar-refractivity contribution >= 4 is 6.03 Å². The van der Waals surface area contributed by atoms with Crippen molar-refractivity contribution < 1.29 is 9.53 Å². The van der Waals surface area contributed by atoms with Gasteiger partial charge in [-0.1, -0.05) is 0 Å². The number of likely N-dealkylation sites (N-methyl/N-ethyl adjacent to an activating group) is 1. The zero-order valence-corrected chi connectivity index (χ0v) is 14.9. The molecule has 2 aliphatic rings. The molecule has 2 fully saturated rings. The molecule has 7 nitrogen and oxygen atoms in total. The number of likely N-dealkylation sites (tertiary alicyclic amines) is 1. The SMILES string of the molecule is CN(C)CCn1ccnc1C1CCN(C(=O)N2CCOCC2)CC1. The second-order valence-corrected chi connectivity index (χ2v) is 6.93. The van der Waals surface area contributed by atoms with Gasteiger partial charge in [0.2, 0.25) is 0 Å². The first-order chi connectivity index (χ1) is 11.6. The number of hydrogen-bond acceptors (Lipinski definition) is 4. The number of carbonyl (C=O) groups is 1. The van der Waals surface area contributed by atoms with Crippen LogP contribution in [0.3, 0.4) is 0 Å². The van der Waals surface area contributed by atoms with Gasteiger partial charge >= 0.3 is 6.03 Å². The van der Waals surface area contributed by atoms with Crippen LogP contribution >= 0.6 is 0 Å². The van der Waals surface area contributed by atoms with Gasteiger partial charge in [-0.05, 0) is 26.9 Å². The Bertz CT molecular complexity index is 531. The summed E-state index contributed by atoms with van der Waals surface area (Å²) in [6.07, 6.45) is 5.96. The number of hydrogen-bond donors (Lipinski definition) is 0.